The minimum atomic E-state index is 0.644. The summed E-state index contributed by atoms with van der Waals surface area (Å²) >= 11 is 0. The quantitative estimate of drug-likeness (QED) is 0.784. The van der Waals surface area contributed by atoms with Crippen LogP contribution in [0.2, 0.25) is 0 Å². The van der Waals surface area contributed by atoms with Gasteiger partial charge >= 0.3 is 0 Å². The van der Waals surface area contributed by atoms with Crippen molar-refractivity contribution in [2.24, 2.45) is 7.05 Å². The Morgan fingerprint density at radius 2 is 1.94 bits per heavy atom. The van der Waals surface area contributed by atoms with Crippen LogP contribution in [0.15, 0.2) is 24.3 Å². The second-order valence-corrected chi connectivity index (χ2v) is 3.67. The van der Waals surface area contributed by atoms with Crippen molar-refractivity contribution in [2.75, 3.05) is 5.73 Å². The van der Waals surface area contributed by atoms with Crippen LogP contribution in [0.4, 0.5) is 5.82 Å². The number of nitrogens with two attached hydrogens (primary N) is 1. The van der Waals surface area contributed by atoms with E-state index >= 15 is 0 Å². The predicted molar refractivity (Wildman–Crippen MR) is 62.5 cm³/mol. The molecule has 0 atom stereocenters. The molecule has 2 aromatic rings. The van der Waals surface area contributed by atoms with E-state index in [0.29, 0.717) is 11.4 Å². The van der Waals surface area contributed by atoms with Crippen molar-refractivity contribution < 1.29 is 0 Å². The van der Waals surface area contributed by atoms with Crippen molar-refractivity contribution in [3.8, 4) is 17.3 Å². The molecule has 0 amide bonds. The van der Waals surface area contributed by atoms with Gasteiger partial charge in [-0.1, -0.05) is 12.1 Å². The van der Waals surface area contributed by atoms with E-state index in [9.17, 15) is 0 Å². The van der Waals surface area contributed by atoms with Crippen LogP contribution in [0.1, 0.15) is 11.1 Å². The van der Waals surface area contributed by atoms with Gasteiger partial charge in [-0.25, -0.2) is 0 Å². The van der Waals surface area contributed by atoms with Gasteiger partial charge in [-0.3, -0.25) is 4.68 Å². The first-order valence-corrected chi connectivity index (χ1v) is 4.93. The third-order valence-corrected chi connectivity index (χ3v) is 2.63. The predicted octanol–water partition coefficient (Wildman–Crippen LogP) is 1.85. The minimum absolute atomic E-state index is 0.644. The molecule has 0 unspecified atom stereocenters. The molecule has 1 aromatic carbocycles. The second kappa shape index (κ2) is 3.70. The van der Waals surface area contributed by atoms with Gasteiger partial charge in [-0.2, -0.15) is 10.4 Å². The monoisotopic (exact) mass is 212 g/mol. The van der Waals surface area contributed by atoms with Crippen molar-refractivity contribution in [3.05, 3.63) is 35.4 Å². The maximum absolute atomic E-state index is 8.71. The molecule has 0 saturated carbocycles. The molecule has 16 heavy (non-hydrogen) atoms. The normalized spacial score (nSPS) is 10.1. The van der Waals surface area contributed by atoms with E-state index < -0.39 is 0 Å². The molecule has 4 heteroatoms. The highest BCUT2D eigenvalue weighted by molar-refractivity contribution is 5.68. The summed E-state index contributed by atoms with van der Waals surface area (Å²) in [6.07, 6.45) is 0. The zero-order valence-electron chi connectivity index (χ0n) is 9.23. The van der Waals surface area contributed by atoms with Crippen molar-refractivity contribution in [1.29, 1.82) is 5.26 Å². The Labute approximate surface area is 93.9 Å². The van der Waals surface area contributed by atoms with Crippen molar-refractivity contribution >= 4 is 5.82 Å². The summed E-state index contributed by atoms with van der Waals surface area (Å²) in [7, 11) is 1.81. The maximum atomic E-state index is 8.71. The Hall–Kier alpha value is -2.28. The third-order valence-electron chi connectivity index (χ3n) is 2.63. The van der Waals surface area contributed by atoms with Gasteiger partial charge in [-0.15, -0.1) is 0 Å². The van der Waals surface area contributed by atoms with Gasteiger partial charge in [0.25, 0.3) is 0 Å². The summed E-state index contributed by atoms with van der Waals surface area (Å²) < 4.78 is 1.66. The Balaban J connectivity index is 2.51. The van der Waals surface area contributed by atoms with E-state index in [1.807, 2.05) is 26.1 Å². The third kappa shape index (κ3) is 1.52. The Bertz CT molecular complexity index is 558. The average Bonchev–Trinajstić information content (AvgIpc) is 2.57. The molecular formula is C12H12N4. The van der Waals surface area contributed by atoms with E-state index in [4.69, 9.17) is 11.0 Å². The molecule has 2 N–H and O–H groups in total. The van der Waals surface area contributed by atoms with Crippen LogP contribution in [0.25, 0.3) is 11.3 Å². The summed E-state index contributed by atoms with van der Waals surface area (Å²) in [5.74, 6) is 0.666. The van der Waals surface area contributed by atoms with Gasteiger partial charge in [-0.05, 0) is 19.1 Å². The van der Waals surface area contributed by atoms with E-state index in [2.05, 4.69) is 11.2 Å². The van der Waals surface area contributed by atoms with Crippen molar-refractivity contribution in [2.45, 2.75) is 6.92 Å². The number of aromatic nitrogens is 2. The summed E-state index contributed by atoms with van der Waals surface area (Å²) in [4.78, 5) is 0. The van der Waals surface area contributed by atoms with Crippen LogP contribution in [0.3, 0.4) is 0 Å². The molecule has 80 valence electrons. The molecule has 1 aromatic heterocycles. The molecule has 0 saturated heterocycles. The summed E-state index contributed by atoms with van der Waals surface area (Å²) in [5.41, 5.74) is 9.29. The zero-order valence-corrected chi connectivity index (χ0v) is 9.23. The van der Waals surface area contributed by atoms with Gasteiger partial charge in [0.2, 0.25) is 0 Å². The highest BCUT2D eigenvalue weighted by Crippen LogP contribution is 2.25. The fourth-order valence-corrected chi connectivity index (χ4v) is 1.62. The lowest BCUT2D eigenvalue weighted by Gasteiger charge is -1.98. The van der Waals surface area contributed by atoms with E-state index in [-0.39, 0.29) is 0 Å². The van der Waals surface area contributed by atoms with Crippen LogP contribution in [0, 0.1) is 18.3 Å². The fraction of sp³-hybridized carbons (Fsp3) is 0.167. The average molecular weight is 212 g/mol. The van der Waals surface area contributed by atoms with Crippen LogP contribution in [-0.2, 0) is 7.05 Å². The fourth-order valence-electron chi connectivity index (χ4n) is 1.62. The number of benzene rings is 1. The van der Waals surface area contributed by atoms with E-state index in [1.165, 1.54) is 0 Å². The zero-order chi connectivity index (χ0) is 11.7. The van der Waals surface area contributed by atoms with Gasteiger partial charge in [0, 0.05) is 18.2 Å². The van der Waals surface area contributed by atoms with Crippen molar-refractivity contribution in [3.63, 3.8) is 0 Å². The van der Waals surface area contributed by atoms with Crippen LogP contribution >= 0.6 is 0 Å². The lowest BCUT2D eigenvalue weighted by Crippen LogP contribution is -1.97. The lowest BCUT2D eigenvalue weighted by molar-refractivity contribution is 0.782. The number of nitrogen functional groups attached to an aromatic ring is 1. The minimum Gasteiger partial charge on any atom is -0.384 e. The Kier molecular flexibility index (Phi) is 2.37. The molecule has 4 nitrogen and oxygen atoms in total. The topological polar surface area (TPSA) is 67.6 Å². The Morgan fingerprint density at radius 3 is 2.38 bits per heavy atom. The first kappa shape index (κ1) is 10.2. The highest BCUT2D eigenvalue weighted by Gasteiger charge is 2.10. The maximum Gasteiger partial charge on any atom is 0.124 e. The summed E-state index contributed by atoms with van der Waals surface area (Å²) in [6.45, 7) is 1.94. The standard InChI is InChI=1S/C12H12N4/c1-8-11(15-16(2)12(8)14)10-5-3-9(7-13)4-6-10/h3-6H,14H2,1-2H3. The molecule has 0 aliphatic carbocycles. The number of nitriles is 1. The largest absolute Gasteiger partial charge is 0.384 e. The highest BCUT2D eigenvalue weighted by atomic mass is 15.3. The van der Waals surface area contributed by atoms with Crippen LogP contribution in [0.5, 0.6) is 0 Å². The molecular weight excluding hydrogens is 200 g/mol. The van der Waals surface area contributed by atoms with Crippen LogP contribution < -0.4 is 5.73 Å². The molecule has 0 fully saturated rings. The number of anilines is 1. The second-order valence-electron chi connectivity index (χ2n) is 3.67. The molecule has 0 aliphatic rings. The lowest BCUT2D eigenvalue weighted by atomic mass is 10.1. The number of hydrogen-bond donors (Lipinski definition) is 1. The van der Waals surface area contributed by atoms with Gasteiger partial charge in [0.05, 0.1) is 17.3 Å². The first-order chi connectivity index (χ1) is 7.63. The molecule has 2 rings (SSSR count). The Morgan fingerprint density at radius 1 is 1.31 bits per heavy atom. The first-order valence-electron chi connectivity index (χ1n) is 4.93. The number of nitrogens with zero attached hydrogens (tertiary/aromatic N) is 3. The summed E-state index contributed by atoms with van der Waals surface area (Å²) in [6, 6.07) is 9.41. The molecule has 0 bridgehead atoms. The van der Waals surface area contributed by atoms with Gasteiger partial charge in [0.15, 0.2) is 0 Å². The number of rotatable bonds is 1. The summed E-state index contributed by atoms with van der Waals surface area (Å²) in [5, 5.41) is 13.1. The van der Waals surface area contributed by atoms with Crippen LogP contribution in [-0.4, -0.2) is 9.78 Å². The van der Waals surface area contributed by atoms with Crippen molar-refractivity contribution in [1.82, 2.24) is 9.78 Å². The molecule has 0 spiro atoms. The van der Waals surface area contributed by atoms with Gasteiger partial charge < -0.3 is 5.73 Å². The number of aryl methyl sites for hydroxylation is 1. The molecule has 0 radical (unpaired) electrons. The SMILES string of the molecule is Cc1c(-c2ccc(C#N)cc2)nn(C)c1N. The van der Waals surface area contributed by atoms with Gasteiger partial charge in [0.1, 0.15) is 5.82 Å². The number of hydrogen-bond acceptors (Lipinski definition) is 3. The molecule has 0 aliphatic heterocycles. The molecule has 1 heterocycles. The van der Waals surface area contributed by atoms with E-state index in [0.717, 1.165) is 16.8 Å². The van der Waals surface area contributed by atoms with E-state index in [1.54, 1.807) is 16.8 Å². The smallest absolute Gasteiger partial charge is 0.124 e.